The second kappa shape index (κ2) is 4.59. The number of hydrogen-bond donors (Lipinski definition) is 3. The molecule has 0 aromatic carbocycles. The highest BCUT2D eigenvalue weighted by atomic mass is 16.3. The molecule has 6 heteroatoms. The second-order valence-corrected chi connectivity index (χ2v) is 3.91. The Morgan fingerprint density at radius 2 is 2.36 bits per heavy atom. The molecular formula is C8H18N4O2. The fourth-order valence-electron chi connectivity index (χ4n) is 1.82. The van der Waals surface area contributed by atoms with Gasteiger partial charge in [-0.25, -0.2) is 10.6 Å². The monoisotopic (exact) mass is 202 g/mol. The topological polar surface area (TPSA) is 81.8 Å². The molecule has 2 amide bonds. The highest BCUT2D eigenvalue weighted by Crippen LogP contribution is 2.18. The Bertz CT molecular complexity index is 210. The van der Waals surface area contributed by atoms with Gasteiger partial charge in [-0.05, 0) is 20.5 Å². The van der Waals surface area contributed by atoms with Gasteiger partial charge in [0.2, 0.25) is 0 Å². The molecule has 1 rings (SSSR count). The number of aliphatic hydroxyl groups is 1. The maximum atomic E-state index is 11.3. The molecule has 1 heterocycles. The number of nitrogens with one attached hydrogen (secondary N) is 1. The number of nitrogens with zero attached hydrogens (tertiary/aromatic N) is 2. The number of hydrogen-bond acceptors (Lipinski definition) is 4. The quantitative estimate of drug-likeness (QED) is 0.291. The van der Waals surface area contributed by atoms with Crippen LogP contribution in [0.2, 0.25) is 0 Å². The largest absolute Gasteiger partial charge is 0.391 e. The summed E-state index contributed by atoms with van der Waals surface area (Å²) in [4.78, 5) is 14.9. The molecule has 0 radical (unpaired) electrons. The predicted octanol–water partition coefficient (Wildman–Crippen LogP) is -1.43. The van der Waals surface area contributed by atoms with Crippen LogP contribution in [0.5, 0.6) is 0 Å². The molecule has 1 fully saturated rings. The van der Waals surface area contributed by atoms with Gasteiger partial charge in [0.1, 0.15) is 0 Å². The zero-order valence-corrected chi connectivity index (χ0v) is 8.60. The summed E-state index contributed by atoms with van der Waals surface area (Å²) >= 11 is 0. The van der Waals surface area contributed by atoms with Gasteiger partial charge >= 0.3 is 6.03 Å². The van der Waals surface area contributed by atoms with Crippen molar-refractivity contribution >= 4 is 6.03 Å². The Balaban J connectivity index is 2.58. The fourth-order valence-corrected chi connectivity index (χ4v) is 1.82. The normalized spacial score (nSPS) is 27.1. The average molecular weight is 202 g/mol. The maximum absolute atomic E-state index is 11.3. The number of carbonyl (C=O) groups is 1. The smallest absolute Gasteiger partial charge is 0.331 e. The predicted molar refractivity (Wildman–Crippen MR) is 52.4 cm³/mol. The van der Waals surface area contributed by atoms with Crippen LogP contribution in [0.3, 0.4) is 0 Å². The molecule has 4 N–H and O–H groups in total. The lowest BCUT2D eigenvalue weighted by Crippen LogP contribution is -2.48. The van der Waals surface area contributed by atoms with Gasteiger partial charge < -0.3 is 14.9 Å². The Labute approximate surface area is 83.6 Å². The lowest BCUT2D eigenvalue weighted by Gasteiger charge is -2.25. The number of urea groups is 1. The first-order valence-electron chi connectivity index (χ1n) is 4.64. The highest BCUT2D eigenvalue weighted by Gasteiger charge is 2.34. The van der Waals surface area contributed by atoms with E-state index in [0.717, 1.165) is 6.54 Å². The first kappa shape index (κ1) is 11.2. The number of aliphatic hydroxyl groups excluding tert-OH is 1. The highest BCUT2D eigenvalue weighted by molar-refractivity contribution is 5.74. The van der Waals surface area contributed by atoms with Crippen LogP contribution in [-0.4, -0.2) is 60.3 Å². The van der Waals surface area contributed by atoms with E-state index < -0.39 is 6.10 Å². The number of likely N-dealkylation sites (N-methyl/N-ethyl adjacent to an activating group) is 1. The van der Waals surface area contributed by atoms with Crippen molar-refractivity contribution in [1.29, 1.82) is 0 Å². The van der Waals surface area contributed by atoms with Crippen molar-refractivity contribution < 1.29 is 9.90 Å². The van der Waals surface area contributed by atoms with Gasteiger partial charge in [-0.2, -0.15) is 0 Å². The third-order valence-electron chi connectivity index (χ3n) is 2.35. The van der Waals surface area contributed by atoms with Crippen molar-refractivity contribution in [3.05, 3.63) is 0 Å². The molecule has 0 aliphatic carbocycles. The van der Waals surface area contributed by atoms with E-state index in [2.05, 4.69) is 5.43 Å². The van der Waals surface area contributed by atoms with Crippen LogP contribution in [0.25, 0.3) is 0 Å². The van der Waals surface area contributed by atoms with Crippen molar-refractivity contribution in [1.82, 2.24) is 15.2 Å². The number of rotatable bonds is 2. The van der Waals surface area contributed by atoms with E-state index in [1.165, 1.54) is 0 Å². The summed E-state index contributed by atoms with van der Waals surface area (Å²) in [5.41, 5.74) is 2.09. The molecule has 0 spiro atoms. The van der Waals surface area contributed by atoms with Crippen LogP contribution < -0.4 is 11.3 Å². The molecule has 82 valence electrons. The van der Waals surface area contributed by atoms with E-state index in [9.17, 15) is 9.90 Å². The molecule has 0 aromatic heterocycles. The number of β-amino-alcohol motifs (C(OH)–C–C–N with tert-alkyl or cyclic N) is 1. The standard InChI is InChI=1S/C8H18N4O2/c1-11(2)4-6-3-7(13)5-12(6)8(14)10-9/h6-7,13H,3-5,9H2,1-2H3,(H,10,14). The molecule has 0 bridgehead atoms. The van der Waals surface area contributed by atoms with E-state index in [0.29, 0.717) is 13.0 Å². The molecule has 0 saturated carbocycles. The van der Waals surface area contributed by atoms with Gasteiger partial charge in [0, 0.05) is 19.1 Å². The molecule has 1 aliphatic rings. The van der Waals surface area contributed by atoms with Crippen LogP contribution in [0.1, 0.15) is 6.42 Å². The van der Waals surface area contributed by atoms with Gasteiger partial charge in [0.25, 0.3) is 0 Å². The Morgan fingerprint density at radius 3 is 2.86 bits per heavy atom. The summed E-state index contributed by atoms with van der Waals surface area (Å²) in [6.45, 7) is 1.10. The van der Waals surface area contributed by atoms with Gasteiger partial charge in [0.05, 0.1) is 6.10 Å². The minimum Gasteiger partial charge on any atom is -0.391 e. The summed E-state index contributed by atoms with van der Waals surface area (Å²) in [6, 6.07) is -0.281. The van der Waals surface area contributed by atoms with Crippen molar-refractivity contribution in [3.63, 3.8) is 0 Å². The van der Waals surface area contributed by atoms with E-state index in [4.69, 9.17) is 5.84 Å². The van der Waals surface area contributed by atoms with E-state index >= 15 is 0 Å². The summed E-state index contributed by atoms with van der Waals surface area (Å²) in [6.07, 6.45) is 0.184. The number of carbonyl (C=O) groups excluding carboxylic acids is 1. The minimum atomic E-state index is -0.433. The molecule has 6 nitrogen and oxygen atoms in total. The lowest BCUT2D eigenvalue weighted by atomic mass is 10.2. The average Bonchev–Trinajstić information content (AvgIpc) is 2.44. The van der Waals surface area contributed by atoms with Gasteiger partial charge in [0.15, 0.2) is 0 Å². The van der Waals surface area contributed by atoms with Gasteiger partial charge in [-0.15, -0.1) is 0 Å². The Kier molecular flexibility index (Phi) is 3.68. The zero-order valence-electron chi connectivity index (χ0n) is 8.60. The maximum Gasteiger partial charge on any atom is 0.331 e. The van der Waals surface area contributed by atoms with E-state index in [-0.39, 0.29) is 12.1 Å². The number of nitrogens with two attached hydrogens (primary N) is 1. The van der Waals surface area contributed by atoms with Crippen molar-refractivity contribution in [2.24, 2.45) is 5.84 Å². The molecule has 1 saturated heterocycles. The molecule has 2 atom stereocenters. The van der Waals surface area contributed by atoms with Crippen LogP contribution in [0, 0.1) is 0 Å². The van der Waals surface area contributed by atoms with Crippen molar-refractivity contribution in [2.45, 2.75) is 18.6 Å². The summed E-state index contributed by atoms with van der Waals surface area (Å²) in [7, 11) is 3.87. The van der Waals surface area contributed by atoms with E-state index in [1.54, 1.807) is 4.90 Å². The Morgan fingerprint density at radius 1 is 1.71 bits per heavy atom. The van der Waals surface area contributed by atoms with Crippen molar-refractivity contribution in [2.75, 3.05) is 27.2 Å². The van der Waals surface area contributed by atoms with Crippen LogP contribution >= 0.6 is 0 Å². The van der Waals surface area contributed by atoms with Crippen molar-refractivity contribution in [3.8, 4) is 0 Å². The number of likely N-dealkylation sites (tertiary alicyclic amines) is 1. The fraction of sp³-hybridized carbons (Fsp3) is 0.875. The summed E-state index contributed by atoms with van der Waals surface area (Å²) < 4.78 is 0. The first-order chi connectivity index (χ1) is 6.54. The molecular weight excluding hydrogens is 184 g/mol. The van der Waals surface area contributed by atoms with Crippen LogP contribution in [0.4, 0.5) is 4.79 Å². The molecule has 0 aromatic rings. The SMILES string of the molecule is CN(C)CC1CC(O)CN1C(=O)NN. The third kappa shape index (κ3) is 2.57. The van der Waals surface area contributed by atoms with Gasteiger partial charge in [-0.3, -0.25) is 5.43 Å². The minimum absolute atomic E-state index is 0.0450. The molecule has 2 unspecified atom stereocenters. The Hall–Kier alpha value is -0.850. The molecule has 14 heavy (non-hydrogen) atoms. The zero-order chi connectivity index (χ0) is 10.7. The van der Waals surface area contributed by atoms with Gasteiger partial charge in [-0.1, -0.05) is 0 Å². The molecule has 1 aliphatic heterocycles. The lowest BCUT2D eigenvalue weighted by molar-refractivity contribution is 0.167. The van der Waals surface area contributed by atoms with Crippen LogP contribution in [-0.2, 0) is 0 Å². The summed E-state index contributed by atoms with van der Waals surface area (Å²) in [5, 5.41) is 9.45. The number of hydrazine groups is 1. The number of amides is 2. The summed E-state index contributed by atoms with van der Waals surface area (Å²) in [5.74, 6) is 5.05. The second-order valence-electron chi connectivity index (χ2n) is 3.91. The third-order valence-corrected chi connectivity index (χ3v) is 2.35. The van der Waals surface area contributed by atoms with Crippen LogP contribution in [0.15, 0.2) is 0 Å². The van der Waals surface area contributed by atoms with E-state index in [1.807, 2.05) is 19.0 Å². The first-order valence-corrected chi connectivity index (χ1v) is 4.64.